The first-order valence-electron chi connectivity index (χ1n) is 8.88. The Labute approximate surface area is 158 Å². The van der Waals surface area contributed by atoms with Gasteiger partial charge in [-0.2, -0.15) is 0 Å². The molecule has 1 aliphatic heterocycles. The number of hydrogen-bond acceptors (Lipinski definition) is 3. The lowest BCUT2D eigenvalue weighted by Gasteiger charge is -2.23. The van der Waals surface area contributed by atoms with Crippen LogP contribution < -0.4 is 15.0 Å². The molecule has 2 N–H and O–H groups in total. The standard InChI is InChI=1S/C20H23ClN2O3/c21-19-4-2-1-3-17(19)15-26-18-7-5-16(6-8-18)20(24)22-9-10-23-11-13-25-14-12-23/h1-8H,9-15H2,(H,22,24)/p+1. The maximum atomic E-state index is 12.2. The predicted molar refractivity (Wildman–Crippen MR) is 101 cm³/mol. The smallest absolute Gasteiger partial charge is 0.251 e. The van der Waals surface area contributed by atoms with Crippen LogP contribution in [0.25, 0.3) is 0 Å². The van der Waals surface area contributed by atoms with Crippen LogP contribution in [0, 0.1) is 0 Å². The van der Waals surface area contributed by atoms with E-state index < -0.39 is 0 Å². The van der Waals surface area contributed by atoms with Crippen LogP contribution in [0.4, 0.5) is 0 Å². The molecule has 1 aliphatic rings. The third-order valence-corrected chi connectivity index (χ3v) is 4.80. The van der Waals surface area contributed by atoms with Gasteiger partial charge >= 0.3 is 0 Å². The van der Waals surface area contributed by atoms with Gasteiger partial charge in [-0.05, 0) is 30.3 Å². The molecule has 0 spiro atoms. The Morgan fingerprint density at radius 3 is 2.58 bits per heavy atom. The lowest BCUT2D eigenvalue weighted by Crippen LogP contribution is -3.14. The van der Waals surface area contributed by atoms with Gasteiger partial charge < -0.3 is 19.7 Å². The maximum Gasteiger partial charge on any atom is 0.251 e. The topological polar surface area (TPSA) is 52.0 Å². The number of ether oxygens (including phenoxy) is 2. The molecule has 0 aliphatic carbocycles. The monoisotopic (exact) mass is 375 g/mol. The molecule has 2 aromatic rings. The number of quaternary nitrogens is 1. The summed E-state index contributed by atoms with van der Waals surface area (Å²) in [6.45, 7) is 5.61. The average molecular weight is 376 g/mol. The molecule has 3 rings (SSSR count). The van der Waals surface area contributed by atoms with Gasteiger partial charge in [0.05, 0.1) is 26.3 Å². The molecule has 138 valence electrons. The lowest BCUT2D eigenvalue weighted by atomic mass is 10.2. The van der Waals surface area contributed by atoms with E-state index in [0.29, 0.717) is 29.5 Å². The average Bonchev–Trinajstić information content (AvgIpc) is 2.68. The number of amides is 1. The maximum absolute atomic E-state index is 12.2. The molecule has 1 amide bonds. The molecule has 6 heteroatoms. The second kappa shape index (κ2) is 9.57. The second-order valence-electron chi connectivity index (χ2n) is 6.27. The van der Waals surface area contributed by atoms with Crippen LogP contribution in [0.1, 0.15) is 15.9 Å². The zero-order chi connectivity index (χ0) is 18.2. The van der Waals surface area contributed by atoms with Crippen molar-refractivity contribution in [2.75, 3.05) is 39.4 Å². The molecular formula is C20H24ClN2O3+. The molecule has 0 aromatic heterocycles. The summed E-state index contributed by atoms with van der Waals surface area (Å²) >= 11 is 6.12. The van der Waals surface area contributed by atoms with Crippen molar-refractivity contribution in [2.45, 2.75) is 6.61 Å². The molecule has 1 fully saturated rings. The second-order valence-corrected chi connectivity index (χ2v) is 6.68. The Morgan fingerprint density at radius 1 is 1.12 bits per heavy atom. The van der Waals surface area contributed by atoms with Gasteiger partial charge in [0.15, 0.2) is 0 Å². The summed E-state index contributed by atoms with van der Waals surface area (Å²) in [6, 6.07) is 14.7. The van der Waals surface area contributed by atoms with Crippen molar-refractivity contribution in [1.82, 2.24) is 5.32 Å². The largest absolute Gasteiger partial charge is 0.489 e. The Hall–Kier alpha value is -2.08. The fourth-order valence-corrected chi connectivity index (χ4v) is 3.03. The normalized spacial score (nSPS) is 14.8. The van der Waals surface area contributed by atoms with E-state index in [1.54, 1.807) is 24.3 Å². The summed E-state index contributed by atoms with van der Waals surface area (Å²) in [5, 5.41) is 3.66. The minimum atomic E-state index is -0.0599. The molecule has 0 bridgehead atoms. The molecule has 1 saturated heterocycles. The fraction of sp³-hybridized carbons (Fsp3) is 0.350. The van der Waals surface area contributed by atoms with Gasteiger partial charge in [0.25, 0.3) is 5.91 Å². The molecule has 0 saturated carbocycles. The van der Waals surface area contributed by atoms with Crippen LogP contribution in [-0.4, -0.2) is 45.3 Å². The van der Waals surface area contributed by atoms with Gasteiger partial charge in [0.2, 0.25) is 0 Å². The number of carbonyl (C=O) groups excluding carboxylic acids is 1. The van der Waals surface area contributed by atoms with Gasteiger partial charge in [-0.3, -0.25) is 4.79 Å². The highest BCUT2D eigenvalue weighted by Gasteiger charge is 2.14. The number of hydrogen-bond donors (Lipinski definition) is 2. The highest BCUT2D eigenvalue weighted by molar-refractivity contribution is 6.31. The minimum absolute atomic E-state index is 0.0599. The number of halogens is 1. The minimum Gasteiger partial charge on any atom is -0.489 e. The van der Waals surface area contributed by atoms with E-state index in [0.717, 1.165) is 38.4 Å². The third-order valence-electron chi connectivity index (χ3n) is 4.43. The molecule has 0 unspecified atom stereocenters. The SMILES string of the molecule is O=C(NCC[NH+]1CCOCC1)c1ccc(OCc2ccccc2Cl)cc1. The first-order valence-corrected chi connectivity index (χ1v) is 9.26. The Bertz CT molecular complexity index is 715. The molecular weight excluding hydrogens is 352 g/mol. The van der Waals surface area contributed by atoms with E-state index in [1.807, 2.05) is 24.3 Å². The van der Waals surface area contributed by atoms with Crippen molar-refractivity contribution in [1.29, 1.82) is 0 Å². The molecule has 26 heavy (non-hydrogen) atoms. The van der Waals surface area contributed by atoms with Crippen molar-refractivity contribution < 1.29 is 19.2 Å². The number of benzene rings is 2. The predicted octanol–water partition coefficient (Wildman–Crippen LogP) is 1.56. The zero-order valence-electron chi connectivity index (χ0n) is 14.7. The molecule has 0 radical (unpaired) electrons. The zero-order valence-corrected chi connectivity index (χ0v) is 15.4. The highest BCUT2D eigenvalue weighted by Crippen LogP contribution is 2.19. The van der Waals surface area contributed by atoms with Gasteiger partial charge in [-0.15, -0.1) is 0 Å². The number of carbonyl (C=O) groups is 1. The number of rotatable bonds is 7. The number of nitrogens with one attached hydrogen (secondary N) is 2. The molecule has 2 aromatic carbocycles. The lowest BCUT2D eigenvalue weighted by molar-refractivity contribution is -0.906. The molecule has 0 atom stereocenters. The van der Waals surface area contributed by atoms with Gasteiger partial charge in [0, 0.05) is 16.1 Å². The van der Waals surface area contributed by atoms with E-state index in [1.165, 1.54) is 4.90 Å². The van der Waals surface area contributed by atoms with Crippen LogP contribution in [0.3, 0.4) is 0 Å². The van der Waals surface area contributed by atoms with Gasteiger partial charge in [0.1, 0.15) is 25.4 Å². The van der Waals surface area contributed by atoms with Crippen molar-refractivity contribution >= 4 is 17.5 Å². The summed E-state index contributed by atoms with van der Waals surface area (Å²) < 4.78 is 11.1. The molecule has 1 heterocycles. The van der Waals surface area contributed by atoms with Crippen LogP contribution in [0.15, 0.2) is 48.5 Å². The first-order chi connectivity index (χ1) is 12.7. The molecule has 5 nitrogen and oxygen atoms in total. The van der Waals surface area contributed by atoms with Crippen LogP contribution in [0.5, 0.6) is 5.75 Å². The first kappa shape index (κ1) is 18.7. The van der Waals surface area contributed by atoms with Crippen molar-refractivity contribution in [3.8, 4) is 5.75 Å². The van der Waals surface area contributed by atoms with Crippen LogP contribution in [0.2, 0.25) is 5.02 Å². The summed E-state index contributed by atoms with van der Waals surface area (Å²) in [7, 11) is 0. The van der Waals surface area contributed by atoms with Crippen molar-refractivity contribution in [3.05, 3.63) is 64.7 Å². The summed E-state index contributed by atoms with van der Waals surface area (Å²) in [6.07, 6.45) is 0. The van der Waals surface area contributed by atoms with Crippen LogP contribution in [-0.2, 0) is 11.3 Å². The van der Waals surface area contributed by atoms with Crippen molar-refractivity contribution in [2.24, 2.45) is 0 Å². The van der Waals surface area contributed by atoms with Crippen LogP contribution >= 0.6 is 11.6 Å². The van der Waals surface area contributed by atoms with Gasteiger partial charge in [-0.25, -0.2) is 0 Å². The van der Waals surface area contributed by atoms with E-state index in [4.69, 9.17) is 21.1 Å². The Morgan fingerprint density at radius 2 is 1.85 bits per heavy atom. The van der Waals surface area contributed by atoms with E-state index in [-0.39, 0.29) is 5.91 Å². The Balaban J connectivity index is 1.44. The summed E-state index contributed by atoms with van der Waals surface area (Å²) in [5.74, 6) is 0.648. The van der Waals surface area contributed by atoms with E-state index in [2.05, 4.69) is 5.32 Å². The fourth-order valence-electron chi connectivity index (χ4n) is 2.84. The van der Waals surface area contributed by atoms with Crippen molar-refractivity contribution in [3.63, 3.8) is 0 Å². The Kier molecular flexibility index (Phi) is 6.89. The van der Waals surface area contributed by atoms with E-state index >= 15 is 0 Å². The summed E-state index contributed by atoms with van der Waals surface area (Å²) in [5.41, 5.74) is 1.56. The number of morpholine rings is 1. The summed E-state index contributed by atoms with van der Waals surface area (Å²) in [4.78, 5) is 13.7. The van der Waals surface area contributed by atoms with E-state index in [9.17, 15) is 4.79 Å². The van der Waals surface area contributed by atoms with Gasteiger partial charge in [-0.1, -0.05) is 29.8 Å². The third kappa shape index (κ3) is 5.46. The highest BCUT2D eigenvalue weighted by atomic mass is 35.5. The quantitative estimate of drug-likeness (QED) is 0.772.